The smallest absolute Gasteiger partial charge is 0.242 e. The third-order valence-electron chi connectivity index (χ3n) is 3.19. The van der Waals surface area contributed by atoms with Crippen molar-refractivity contribution in [3.05, 3.63) is 22.7 Å². The van der Waals surface area contributed by atoms with Crippen LogP contribution in [0.5, 0.6) is 0 Å². The third-order valence-corrected chi connectivity index (χ3v) is 5.16. The van der Waals surface area contributed by atoms with Crippen molar-refractivity contribution in [3.8, 4) is 0 Å². The van der Waals surface area contributed by atoms with Crippen molar-refractivity contribution in [1.82, 2.24) is 4.72 Å². The quantitative estimate of drug-likeness (QED) is 0.702. The van der Waals surface area contributed by atoms with Crippen LogP contribution in [0.1, 0.15) is 12.8 Å². The number of aliphatic hydroxyl groups is 1. The van der Waals surface area contributed by atoms with E-state index in [1.165, 1.54) is 6.07 Å². The van der Waals surface area contributed by atoms with Crippen molar-refractivity contribution >= 4 is 31.6 Å². The molecule has 0 saturated heterocycles. The van der Waals surface area contributed by atoms with Crippen LogP contribution >= 0.6 is 15.9 Å². The zero-order valence-electron chi connectivity index (χ0n) is 9.69. The van der Waals surface area contributed by atoms with E-state index >= 15 is 0 Å². The van der Waals surface area contributed by atoms with Crippen LogP contribution in [0.25, 0.3) is 0 Å². The lowest BCUT2D eigenvalue weighted by atomic mass is 10.1. The van der Waals surface area contributed by atoms with Gasteiger partial charge in [0.25, 0.3) is 0 Å². The van der Waals surface area contributed by atoms with Crippen molar-refractivity contribution < 1.29 is 13.5 Å². The lowest BCUT2D eigenvalue weighted by Crippen LogP contribution is -2.32. The summed E-state index contributed by atoms with van der Waals surface area (Å²) in [5.74, 6) is 0. The third kappa shape index (κ3) is 2.85. The van der Waals surface area contributed by atoms with Crippen LogP contribution in [0, 0.1) is 5.41 Å². The van der Waals surface area contributed by atoms with Crippen molar-refractivity contribution in [2.75, 3.05) is 18.9 Å². The van der Waals surface area contributed by atoms with Gasteiger partial charge in [0.1, 0.15) is 4.90 Å². The van der Waals surface area contributed by atoms with E-state index in [1.807, 2.05) is 0 Å². The molecule has 1 aliphatic rings. The number of nitrogens with one attached hydrogen (secondary N) is 1. The van der Waals surface area contributed by atoms with Gasteiger partial charge in [-0.2, -0.15) is 0 Å². The average Bonchev–Trinajstić information content (AvgIpc) is 3.07. The molecule has 2 rings (SSSR count). The van der Waals surface area contributed by atoms with E-state index in [4.69, 9.17) is 10.8 Å². The fourth-order valence-electron chi connectivity index (χ4n) is 1.66. The van der Waals surface area contributed by atoms with E-state index < -0.39 is 10.0 Å². The first kappa shape index (κ1) is 13.8. The Morgan fingerprint density at radius 2 is 2.11 bits per heavy atom. The minimum Gasteiger partial charge on any atom is -0.398 e. The van der Waals surface area contributed by atoms with Crippen LogP contribution in [0.3, 0.4) is 0 Å². The summed E-state index contributed by atoms with van der Waals surface area (Å²) in [6, 6.07) is 4.64. The molecule has 7 heteroatoms. The Morgan fingerprint density at radius 1 is 1.44 bits per heavy atom. The normalized spacial score (nSPS) is 17.7. The van der Waals surface area contributed by atoms with Crippen LogP contribution < -0.4 is 10.5 Å². The first-order valence-electron chi connectivity index (χ1n) is 5.54. The largest absolute Gasteiger partial charge is 0.398 e. The highest BCUT2D eigenvalue weighted by Gasteiger charge is 2.42. The van der Waals surface area contributed by atoms with E-state index in [1.54, 1.807) is 12.1 Å². The highest BCUT2D eigenvalue weighted by atomic mass is 79.9. The molecule has 100 valence electrons. The lowest BCUT2D eigenvalue weighted by molar-refractivity contribution is 0.213. The molecule has 0 bridgehead atoms. The number of rotatable bonds is 5. The number of halogens is 1. The molecule has 0 unspecified atom stereocenters. The van der Waals surface area contributed by atoms with Crippen LogP contribution in [0.4, 0.5) is 5.69 Å². The van der Waals surface area contributed by atoms with Crippen LogP contribution in [0.2, 0.25) is 0 Å². The maximum atomic E-state index is 12.1. The summed E-state index contributed by atoms with van der Waals surface area (Å²) in [7, 11) is -3.62. The van der Waals surface area contributed by atoms with Crippen LogP contribution in [0.15, 0.2) is 27.6 Å². The monoisotopic (exact) mass is 334 g/mol. The van der Waals surface area contributed by atoms with Gasteiger partial charge in [-0.3, -0.25) is 0 Å². The van der Waals surface area contributed by atoms with Crippen molar-refractivity contribution in [3.63, 3.8) is 0 Å². The highest BCUT2D eigenvalue weighted by Crippen LogP contribution is 2.44. The fourth-order valence-corrected chi connectivity index (χ4v) is 3.30. The molecule has 0 radical (unpaired) electrons. The Hall–Kier alpha value is -0.630. The van der Waals surface area contributed by atoms with Crippen molar-refractivity contribution in [2.24, 2.45) is 5.41 Å². The Labute approximate surface area is 115 Å². The number of nitrogens with two attached hydrogens (primary N) is 1. The second kappa shape index (κ2) is 4.80. The topological polar surface area (TPSA) is 92.4 Å². The summed E-state index contributed by atoms with van der Waals surface area (Å²) in [6.07, 6.45) is 1.70. The summed E-state index contributed by atoms with van der Waals surface area (Å²) in [6.45, 7) is 0.257. The van der Waals surface area contributed by atoms with Gasteiger partial charge in [-0.05, 0) is 31.0 Å². The maximum absolute atomic E-state index is 12.1. The molecule has 0 heterocycles. The first-order chi connectivity index (χ1) is 8.38. The van der Waals surface area contributed by atoms with Gasteiger partial charge in [-0.1, -0.05) is 15.9 Å². The van der Waals surface area contributed by atoms with Gasteiger partial charge in [0, 0.05) is 23.0 Å². The molecule has 18 heavy (non-hydrogen) atoms. The number of anilines is 1. The Kier molecular flexibility index (Phi) is 3.68. The second-order valence-electron chi connectivity index (χ2n) is 4.66. The molecule has 0 aliphatic heterocycles. The molecule has 1 aromatic rings. The summed E-state index contributed by atoms with van der Waals surface area (Å²) in [5, 5.41) is 9.15. The Morgan fingerprint density at radius 3 is 2.61 bits per heavy atom. The van der Waals surface area contributed by atoms with E-state index in [0.29, 0.717) is 0 Å². The van der Waals surface area contributed by atoms with Crippen LogP contribution in [-0.2, 0) is 10.0 Å². The van der Waals surface area contributed by atoms with Crippen molar-refractivity contribution in [1.29, 1.82) is 0 Å². The fraction of sp³-hybridized carbons (Fsp3) is 0.455. The Bertz CT molecular complexity index is 555. The minimum absolute atomic E-state index is 0.00530. The maximum Gasteiger partial charge on any atom is 0.242 e. The predicted molar refractivity (Wildman–Crippen MR) is 72.5 cm³/mol. The second-order valence-corrected chi connectivity index (χ2v) is 7.32. The molecule has 1 fully saturated rings. The van der Waals surface area contributed by atoms with Gasteiger partial charge in [-0.15, -0.1) is 0 Å². The predicted octanol–water partition coefficient (Wildman–Crippen LogP) is 1.08. The highest BCUT2D eigenvalue weighted by molar-refractivity contribution is 9.10. The number of hydrogen-bond acceptors (Lipinski definition) is 4. The molecule has 0 spiro atoms. The van der Waals surface area contributed by atoms with E-state index in [-0.39, 0.29) is 29.1 Å². The summed E-state index contributed by atoms with van der Waals surface area (Å²) in [5.41, 5.74) is 5.63. The molecule has 0 amide bonds. The number of benzene rings is 1. The van der Waals surface area contributed by atoms with Gasteiger partial charge < -0.3 is 10.8 Å². The van der Waals surface area contributed by atoms with E-state index in [2.05, 4.69) is 20.7 Å². The van der Waals surface area contributed by atoms with Gasteiger partial charge in [0.05, 0.1) is 5.69 Å². The molecule has 1 saturated carbocycles. The zero-order valence-corrected chi connectivity index (χ0v) is 12.1. The van der Waals surface area contributed by atoms with Gasteiger partial charge in [-0.25, -0.2) is 13.1 Å². The number of aliphatic hydroxyl groups excluding tert-OH is 1. The van der Waals surface area contributed by atoms with Crippen LogP contribution in [-0.4, -0.2) is 26.7 Å². The summed E-state index contributed by atoms with van der Waals surface area (Å²) < 4.78 is 27.4. The van der Waals surface area contributed by atoms with Gasteiger partial charge in [0.2, 0.25) is 10.0 Å². The number of sulfonamides is 1. The lowest BCUT2D eigenvalue weighted by Gasteiger charge is -2.14. The van der Waals surface area contributed by atoms with Crippen molar-refractivity contribution in [2.45, 2.75) is 17.7 Å². The molecule has 1 aliphatic carbocycles. The molecule has 4 N–H and O–H groups in total. The van der Waals surface area contributed by atoms with Gasteiger partial charge in [0.15, 0.2) is 0 Å². The summed E-state index contributed by atoms with van der Waals surface area (Å²) in [4.78, 5) is 0.0689. The molecule has 1 aromatic carbocycles. The SMILES string of the molecule is Nc1cc(Br)ccc1S(=O)(=O)NCC1(CO)CC1. The molecular weight excluding hydrogens is 320 g/mol. The molecular formula is C11H15BrN2O3S. The number of hydrogen-bond donors (Lipinski definition) is 3. The number of nitrogen functional groups attached to an aromatic ring is 1. The van der Waals surface area contributed by atoms with Gasteiger partial charge >= 0.3 is 0 Å². The van der Waals surface area contributed by atoms with E-state index in [0.717, 1.165) is 17.3 Å². The standard InChI is InChI=1S/C11H15BrN2O3S/c12-8-1-2-10(9(13)5-8)18(16,17)14-6-11(7-15)3-4-11/h1-2,5,14-15H,3-4,6-7,13H2. The molecule has 5 nitrogen and oxygen atoms in total. The minimum atomic E-state index is -3.62. The van der Waals surface area contributed by atoms with E-state index in [9.17, 15) is 8.42 Å². The molecule has 0 aromatic heterocycles. The Balaban J connectivity index is 2.15. The first-order valence-corrected chi connectivity index (χ1v) is 7.82. The zero-order chi connectivity index (χ0) is 13.4. The molecule has 0 atom stereocenters. The average molecular weight is 335 g/mol. The summed E-state index contributed by atoms with van der Waals surface area (Å²) >= 11 is 3.23.